The van der Waals surface area contributed by atoms with E-state index in [1.165, 1.54) is 0 Å². The second kappa shape index (κ2) is 5.48. The number of piperidine rings is 1. The van der Waals surface area contributed by atoms with Gasteiger partial charge in [-0.2, -0.15) is 5.26 Å². The van der Waals surface area contributed by atoms with Crippen LogP contribution < -0.4 is 0 Å². The lowest BCUT2D eigenvalue weighted by Crippen LogP contribution is -2.38. The quantitative estimate of drug-likeness (QED) is 0.632. The molecule has 0 aliphatic carbocycles. The van der Waals surface area contributed by atoms with Crippen molar-refractivity contribution in [1.82, 2.24) is 4.90 Å². The maximum atomic E-state index is 11.4. The largest absolute Gasteiger partial charge is 0.448 e. The van der Waals surface area contributed by atoms with E-state index in [1.807, 2.05) is 6.07 Å². The molecule has 0 N–H and O–H groups in total. The second-order valence-corrected chi connectivity index (χ2v) is 3.69. The molecule has 0 bridgehead atoms. The number of amides is 1. The lowest BCUT2D eigenvalue weighted by molar-refractivity contribution is 0.0909. The molecule has 0 atom stereocenters. The highest BCUT2D eigenvalue weighted by Crippen LogP contribution is 2.16. The number of likely N-dealkylation sites (tertiary alicyclic amines) is 1. The van der Waals surface area contributed by atoms with Crippen LogP contribution in [0.25, 0.3) is 0 Å². The van der Waals surface area contributed by atoms with Gasteiger partial charge in [0, 0.05) is 13.1 Å². The van der Waals surface area contributed by atoms with E-state index in [0.29, 0.717) is 5.92 Å². The van der Waals surface area contributed by atoms with Gasteiger partial charge in [0.2, 0.25) is 0 Å². The fourth-order valence-corrected chi connectivity index (χ4v) is 1.47. The fraction of sp³-hybridized carbons (Fsp3) is 0.800. The van der Waals surface area contributed by atoms with Crippen LogP contribution in [0.15, 0.2) is 0 Å². The van der Waals surface area contributed by atoms with E-state index in [1.54, 1.807) is 4.90 Å². The van der Waals surface area contributed by atoms with E-state index >= 15 is 0 Å². The van der Waals surface area contributed by atoms with Crippen LogP contribution in [0, 0.1) is 17.2 Å². The van der Waals surface area contributed by atoms with Crippen molar-refractivity contribution in [3.63, 3.8) is 0 Å². The maximum Gasteiger partial charge on any atom is 0.409 e. The molecule has 14 heavy (non-hydrogen) atoms. The highest BCUT2D eigenvalue weighted by atomic mass is 16.6. The fourth-order valence-electron chi connectivity index (χ4n) is 1.47. The molecule has 1 amide bonds. The van der Waals surface area contributed by atoms with Crippen LogP contribution in [0.5, 0.6) is 0 Å². The Morgan fingerprint density at radius 3 is 2.79 bits per heavy atom. The third kappa shape index (κ3) is 3.25. The van der Waals surface area contributed by atoms with Crippen molar-refractivity contribution < 1.29 is 9.53 Å². The molecule has 0 spiro atoms. The number of nitrogens with zero attached hydrogens (tertiary/aromatic N) is 2. The Balaban J connectivity index is 2.21. The molecule has 0 aromatic heterocycles. The molecule has 1 aliphatic rings. The summed E-state index contributed by atoms with van der Waals surface area (Å²) in [6, 6.07) is 1.94. The SMILES string of the molecule is CC1CCN(C(=O)OCCC#N)CC1. The summed E-state index contributed by atoms with van der Waals surface area (Å²) >= 11 is 0. The summed E-state index contributed by atoms with van der Waals surface area (Å²) in [6.45, 7) is 3.97. The smallest absolute Gasteiger partial charge is 0.409 e. The number of rotatable bonds is 2. The topological polar surface area (TPSA) is 53.3 Å². The van der Waals surface area contributed by atoms with E-state index < -0.39 is 0 Å². The van der Waals surface area contributed by atoms with Crippen molar-refractivity contribution in [1.29, 1.82) is 5.26 Å². The first-order valence-electron chi connectivity index (χ1n) is 5.02. The summed E-state index contributed by atoms with van der Waals surface area (Å²) in [7, 11) is 0. The van der Waals surface area contributed by atoms with Gasteiger partial charge in [0.05, 0.1) is 12.5 Å². The molecule has 0 aromatic carbocycles. The summed E-state index contributed by atoms with van der Waals surface area (Å²) < 4.78 is 4.92. The minimum Gasteiger partial charge on any atom is -0.448 e. The van der Waals surface area contributed by atoms with Gasteiger partial charge in [-0.1, -0.05) is 6.92 Å². The monoisotopic (exact) mass is 196 g/mol. The van der Waals surface area contributed by atoms with E-state index in [-0.39, 0.29) is 19.1 Å². The number of nitriles is 1. The number of carbonyl (C=O) groups is 1. The molecule has 1 aliphatic heterocycles. The van der Waals surface area contributed by atoms with Gasteiger partial charge in [0.15, 0.2) is 0 Å². The molecule has 0 radical (unpaired) electrons. The first kappa shape index (κ1) is 10.8. The molecule has 0 unspecified atom stereocenters. The summed E-state index contributed by atoms with van der Waals surface area (Å²) in [5.41, 5.74) is 0. The van der Waals surface area contributed by atoms with E-state index in [0.717, 1.165) is 25.9 Å². The third-order valence-electron chi connectivity index (χ3n) is 2.48. The van der Waals surface area contributed by atoms with Crippen molar-refractivity contribution in [2.24, 2.45) is 5.92 Å². The van der Waals surface area contributed by atoms with Crippen molar-refractivity contribution in [3.8, 4) is 6.07 Å². The van der Waals surface area contributed by atoms with E-state index in [2.05, 4.69) is 6.92 Å². The van der Waals surface area contributed by atoms with Crippen molar-refractivity contribution in [2.45, 2.75) is 26.2 Å². The van der Waals surface area contributed by atoms with Crippen LogP contribution in [0.2, 0.25) is 0 Å². The lowest BCUT2D eigenvalue weighted by atomic mass is 10.00. The second-order valence-electron chi connectivity index (χ2n) is 3.69. The van der Waals surface area contributed by atoms with Gasteiger partial charge in [-0.25, -0.2) is 4.79 Å². The summed E-state index contributed by atoms with van der Waals surface area (Å²) in [5, 5.41) is 8.27. The summed E-state index contributed by atoms with van der Waals surface area (Å²) in [4.78, 5) is 13.1. The molecular formula is C10H16N2O2. The molecule has 4 heteroatoms. The molecule has 4 nitrogen and oxygen atoms in total. The van der Waals surface area contributed by atoms with Crippen molar-refractivity contribution in [3.05, 3.63) is 0 Å². The first-order chi connectivity index (χ1) is 6.74. The zero-order valence-electron chi connectivity index (χ0n) is 8.53. The number of carbonyl (C=O) groups excluding carboxylic acids is 1. The highest BCUT2D eigenvalue weighted by molar-refractivity contribution is 5.67. The van der Waals surface area contributed by atoms with Crippen LogP contribution in [-0.4, -0.2) is 30.7 Å². The van der Waals surface area contributed by atoms with Crippen LogP contribution in [-0.2, 0) is 4.74 Å². The number of hydrogen-bond donors (Lipinski definition) is 0. The van der Waals surface area contributed by atoms with Crippen molar-refractivity contribution >= 4 is 6.09 Å². The van der Waals surface area contributed by atoms with Crippen LogP contribution in [0.4, 0.5) is 4.79 Å². The minimum absolute atomic E-state index is 0.210. The van der Waals surface area contributed by atoms with Gasteiger partial charge in [-0.15, -0.1) is 0 Å². The molecule has 78 valence electrons. The van der Waals surface area contributed by atoms with Gasteiger partial charge in [-0.3, -0.25) is 0 Å². The molecule has 1 heterocycles. The standard InChI is InChI=1S/C10H16N2O2/c1-9-3-6-12(7-4-9)10(13)14-8-2-5-11/h9H,2-4,6-8H2,1H3. The van der Waals surface area contributed by atoms with Gasteiger partial charge >= 0.3 is 6.09 Å². The van der Waals surface area contributed by atoms with E-state index in [4.69, 9.17) is 10.00 Å². The minimum atomic E-state index is -0.271. The number of ether oxygens (including phenoxy) is 1. The molecular weight excluding hydrogens is 180 g/mol. The predicted molar refractivity (Wildman–Crippen MR) is 51.5 cm³/mol. The van der Waals surface area contributed by atoms with Crippen LogP contribution in [0.3, 0.4) is 0 Å². The highest BCUT2D eigenvalue weighted by Gasteiger charge is 2.20. The molecule has 0 aromatic rings. The predicted octanol–water partition coefficient (Wildman–Crippen LogP) is 1.77. The number of hydrogen-bond acceptors (Lipinski definition) is 3. The Bertz CT molecular complexity index is 227. The molecule has 1 rings (SSSR count). The van der Waals surface area contributed by atoms with Gasteiger partial charge in [0.25, 0.3) is 0 Å². The Morgan fingerprint density at radius 2 is 2.21 bits per heavy atom. The summed E-state index contributed by atoms with van der Waals surface area (Å²) in [6.07, 6.45) is 2.10. The summed E-state index contributed by atoms with van der Waals surface area (Å²) in [5.74, 6) is 0.707. The van der Waals surface area contributed by atoms with Crippen LogP contribution >= 0.6 is 0 Å². The van der Waals surface area contributed by atoms with Crippen molar-refractivity contribution in [2.75, 3.05) is 19.7 Å². The normalized spacial score (nSPS) is 17.6. The Kier molecular flexibility index (Phi) is 4.24. The zero-order valence-corrected chi connectivity index (χ0v) is 8.53. The van der Waals surface area contributed by atoms with Crippen LogP contribution in [0.1, 0.15) is 26.2 Å². The average Bonchev–Trinajstić information content (AvgIpc) is 2.19. The Hall–Kier alpha value is -1.24. The van der Waals surface area contributed by atoms with E-state index in [9.17, 15) is 4.79 Å². The Morgan fingerprint density at radius 1 is 1.57 bits per heavy atom. The third-order valence-corrected chi connectivity index (χ3v) is 2.48. The zero-order chi connectivity index (χ0) is 10.4. The molecule has 1 fully saturated rings. The lowest BCUT2D eigenvalue weighted by Gasteiger charge is -2.29. The average molecular weight is 196 g/mol. The molecule has 1 saturated heterocycles. The molecule has 0 saturated carbocycles. The van der Waals surface area contributed by atoms with Gasteiger partial charge in [0.1, 0.15) is 6.61 Å². The van der Waals surface area contributed by atoms with Gasteiger partial charge in [-0.05, 0) is 18.8 Å². The Labute approximate surface area is 84.4 Å². The maximum absolute atomic E-state index is 11.4. The van der Waals surface area contributed by atoms with Gasteiger partial charge < -0.3 is 9.64 Å². The first-order valence-corrected chi connectivity index (χ1v) is 5.02.